The van der Waals surface area contributed by atoms with Crippen LogP contribution in [0.25, 0.3) is 0 Å². The van der Waals surface area contributed by atoms with Gasteiger partial charge in [0.1, 0.15) is 11.5 Å². The first-order valence-corrected chi connectivity index (χ1v) is 6.84. The van der Waals surface area contributed by atoms with E-state index in [2.05, 4.69) is 5.32 Å². The molecule has 2 N–H and O–H groups in total. The number of rotatable bonds is 6. The van der Waals surface area contributed by atoms with Crippen molar-refractivity contribution in [3.8, 4) is 11.5 Å². The highest BCUT2D eigenvalue weighted by Gasteiger charge is 2.08. The molecule has 0 heterocycles. The molecule has 0 spiro atoms. The predicted molar refractivity (Wildman–Crippen MR) is 84.2 cm³/mol. The van der Waals surface area contributed by atoms with Crippen LogP contribution in [0.15, 0.2) is 42.5 Å². The second kappa shape index (κ2) is 6.99. The van der Waals surface area contributed by atoms with Gasteiger partial charge in [-0.15, -0.1) is 0 Å². The van der Waals surface area contributed by atoms with Crippen molar-refractivity contribution in [2.24, 2.45) is 0 Å². The summed E-state index contributed by atoms with van der Waals surface area (Å²) in [5.41, 5.74) is 2.87. The van der Waals surface area contributed by atoms with E-state index in [9.17, 15) is 5.11 Å². The van der Waals surface area contributed by atoms with E-state index in [4.69, 9.17) is 9.47 Å². The van der Waals surface area contributed by atoms with E-state index in [-0.39, 0.29) is 0 Å². The molecular weight excluding hydrogens is 266 g/mol. The Morgan fingerprint density at radius 2 is 1.76 bits per heavy atom. The first kappa shape index (κ1) is 15.2. The summed E-state index contributed by atoms with van der Waals surface area (Å²) in [6.45, 7) is 2.43. The maximum absolute atomic E-state index is 10.2. The molecule has 4 heteroatoms. The fourth-order valence-corrected chi connectivity index (χ4v) is 2.15. The number of ether oxygens (including phenoxy) is 2. The summed E-state index contributed by atoms with van der Waals surface area (Å²) >= 11 is 0. The van der Waals surface area contributed by atoms with Gasteiger partial charge in [-0.2, -0.15) is 0 Å². The standard InChI is InChI=1S/C17H21NO3/c1-12-10-14(6-9-17(12)21-3)18-11-16(19)13-4-7-15(20-2)8-5-13/h4-10,16,18-19H,11H2,1-3H3. The Morgan fingerprint density at radius 1 is 1.05 bits per heavy atom. The molecule has 2 rings (SSSR count). The summed E-state index contributed by atoms with van der Waals surface area (Å²) in [5.74, 6) is 1.64. The fraction of sp³-hybridized carbons (Fsp3) is 0.294. The molecule has 0 saturated heterocycles. The minimum Gasteiger partial charge on any atom is -0.497 e. The number of aliphatic hydroxyl groups is 1. The summed E-state index contributed by atoms with van der Waals surface area (Å²) in [7, 11) is 3.28. The molecule has 0 aromatic heterocycles. The molecule has 0 fully saturated rings. The molecule has 4 nitrogen and oxygen atoms in total. The SMILES string of the molecule is COc1ccc(C(O)CNc2ccc(OC)c(C)c2)cc1. The largest absolute Gasteiger partial charge is 0.497 e. The van der Waals surface area contributed by atoms with Gasteiger partial charge >= 0.3 is 0 Å². The summed E-state index contributed by atoms with van der Waals surface area (Å²) in [6.07, 6.45) is -0.571. The van der Waals surface area contributed by atoms with Crippen molar-refractivity contribution in [1.29, 1.82) is 0 Å². The number of methoxy groups -OCH3 is 2. The lowest BCUT2D eigenvalue weighted by molar-refractivity contribution is 0.191. The second-order valence-corrected chi connectivity index (χ2v) is 4.85. The number of aryl methyl sites for hydroxylation is 1. The average molecular weight is 287 g/mol. The Hall–Kier alpha value is -2.20. The van der Waals surface area contributed by atoms with E-state index in [1.165, 1.54) is 0 Å². The molecule has 112 valence electrons. The highest BCUT2D eigenvalue weighted by Crippen LogP contribution is 2.23. The highest BCUT2D eigenvalue weighted by molar-refractivity contribution is 5.51. The van der Waals surface area contributed by atoms with Crippen LogP contribution in [0.2, 0.25) is 0 Å². The lowest BCUT2D eigenvalue weighted by atomic mass is 10.1. The number of hydrogen-bond acceptors (Lipinski definition) is 4. The van der Waals surface area contributed by atoms with Crippen LogP contribution in [-0.4, -0.2) is 25.9 Å². The predicted octanol–water partition coefficient (Wildman–Crippen LogP) is 3.16. The van der Waals surface area contributed by atoms with Gasteiger partial charge < -0.3 is 19.9 Å². The molecule has 0 amide bonds. The topological polar surface area (TPSA) is 50.7 Å². The molecule has 1 unspecified atom stereocenters. The zero-order valence-corrected chi connectivity index (χ0v) is 12.6. The summed E-state index contributed by atoms with van der Waals surface area (Å²) in [6, 6.07) is 13.3. The Labute approximate surface area is 125 Å². The smallest absolute Gasteiger partial charge is 0.121 e. The zero-order chi connectivity index (χ0) is 15.2. The summed E-state index contributed by atoms with van der Waals surface area (Å²) in [5, 5.41) is 13.4. The van der Waals surface area contributed by atoms with Gasteiger partial charge in [0, 0.05) is 12.2 Å². The Morgan fingerprint density at radius 3 is 2.33 bits per heavy atom. The third-order valence-electron chi connectivity index (χ3n) is 3.39. The van der Waals surface area contributed by atoms with E-state index in [0.717, 1.165) is 28.3 Å². The zero-order valence-electron chi connectivity index (χ0n) is 12.6. The molecular formula is C17H21NO3. The monoisotopic (exact) mass is 287 g/mol. The van der Waals surface area contributed by atoms with Crippen molar-refractivity contribution in [1.82, 2.24) is 0 Å². The minimum atomic E-state index is -0.571. The quantitative estimate of drug-likeness (QED) is 0.857. The van der Waals surface area contributed by atoms with Gasteiger partial charge in [0.25, 0.3) is 0 Å². The van der Waals surface area contributed by atoms with Crippen molar-refractivity contribution in [3.05, 3.63) is 53.6 Å². The normalized spacial score (nSPS) is 11.8. The third kappa shape index (κ3) is 3.89. The first-order valence-electron chi connectivity index (χ1n) is 6.84. The van der Waals surface area contributed by atoms with Crippen molar-refractivity contribution >= 4 is 5.69 Å². The molecule has 0 bridgehead atoms. The molecule has 0 saturated carbocycles. The van der Waals surface area contributed by atoms with Crippen molar-refractivity contribution in [2.75, 3.05) is 26.1 Å². The van der Waals surface area contributed by atoms with E-state index in [1.54, 1.807) is 14.2 Å². The molecule has 1 atom stereocenters. The van der Waals surface area contributed by atoms with E-state index in [1.807, 2.05) is 49.4 Å². The van der Waals surface area contributed by atoms with E-state index in [0.29, 0.717) is 6.54 Å². The fourth-order valence-electron chi connectivity index (χ4n) is 2.15. The Balaban J connectivity index is 1.96. The lowest BCUT2D eigenvalue weighted by Crippen LogP contribution is -2.12. The van der Waals surface area contributed by atoms with Crippen molar-refractivity contribution in [2.45, 2.75) is 13.0 Å². The second-order valence-electron chi connectivity index (χ2n) is 4.85. The van der Waals surface area contributed by atoms with Crippen LogP contribution in [0.4, 0.5) is 5.69 Å². The van der Waals surface area contributed by atoms with Crippen LogP contribution < -0.4 is 14.8 Å². The Bertz CT molecular complexity index is 581. The van der Waals surface area contributed by atoms with Gasteiger partial charge in [0.15, 0.2) is 0 Å². The summed E-state index contributed by atoms with van der Waals surface area (Å²) in [4.78, 5) is 0. The first-order chi connectivity index (χ1) is 10.1. The van der Waals surface area contributed by atoms with Gasteiger partial charge in [-0.3, -0.25) is 0 Å². The number of aliphatic hydroxyl groups excluding tert-OH is 1. The van der Waals surface area contributed by atoms with Crippen LogP contribution in [-0.2, 0) is 0 Å². The van der Waals surface area contributed by atoms with Crippen LogP contribution in [0.1, 0.15) is 17.2 Å². The van der Waals surface area contributed by atoms with Gasteiger partial charge in [0.05, 0.1) is 20.3 Å². The number of anilines is 1. The van der Waals surface area contributed by atoms with Crippen molar-refractivity contribution < 1.29 is 14.6 Å². The van der Waals surface area contributed by atoms with Gasteiger partial charge in [-0.05, 0) is 48.4 Å². The molecule has 2 aromatic carbocycles. The number of benzene rings is 2. The molecule has 0 aliphatic rings. The molecule has 0 aliphatic heterocycles. The maximum Gasteiger partial charge on any atom is 0.121 e. The number of nitrogens with one attached hydrogen (secondary N) is 1. The molecule has 21 heavy (non-hydrogen) atoms. The maximum atomic E-state index is 10.2. The van der Waals surface area contributed by atoms with Crippen LogP contribution in [0, 0.1) is 6.92 Å². The van der Waals surface area contributed by atoms with E-state index < -0.39 is 6.10 Å². The van der Waals surface area contributed by atoms with Crippen molar-refractivity contribution in [3.63, 3.8) is 0 Å². The van der Waals surface area contributed by atoms with Crippen LogP contribution in [0.5, 0.6) is 11.5 Å². The minimum absolute atomic E-state index is 0.443. The van der Waals surface area contributed by atoms with Crippen LogP contribution in [0.3, 0.4) is 0 Å². The third-order valence-corrected chi connectivity index (χ3v) is 3.39. The Kier molecular flexibility index (Phi) is 5.06. The summed E-state index contributed by atoms with van der Waals surface area (Å²) < 4.78 is 10.3. The highest BCUT2D eigenvalue weighted by atomic mass is 16.5. The molecule has 2 aromatic rings. The molecule has 0 radical (unpaired) electrons. The van der Waals surface area contributed by atoms with E-state index >= 15 is 0 Å². The van der Waals surface area contributed by atoms with Gasteiger partial charge in [0.2, 0.25) is 0 Å². The average Bonchev–Trinajstić information content (AvgIpc) is 2.52. The van der Waals surface area contributed by atoms with Gasteiger partial charge in [-0.1, -0.05) is 12.1 Å². The lowest BCUT2D eigenvalue weighted by Gasteiger charge is -2.14. The molecule has 0 aliphatic carbocycles. The number of hydrogen-bond donors (Lipinski definition) is 2. The van der Waals surface area contributed by atoms with Crippen LogP contribution >= 0.6 is 0 Å². The van der Waals surface area contributed by atoms with Gasteiger partial charge in [-0.25, -0.2) is 0 Å².